The van der Waals surface area contributed by atoms with Crippen molar-refractivity contribution in [3.63, 3.8) is 0 Å². The third-order valence-electron chi connectivity index (χ3n) is 2.88. The lowest BCUT2D eigenvalue weighted by molar-refractivity contribution is 0.523. The van der Waals surface area contributed by atoms with Gasteiger partial charge in [0.15, 0.2) is 0 Å². The third kappa shape index (κ3) is 1.91. The molecule has 0 aliphatic rings. The molecule has 0 saturated carbocycles. The Morgan fingerprint density at radius 3 is 2.42 bits per heavy atom. The average Bonchev–Trinajstić information content (AvgIpc) is 2.39. The molecule has 0 radical (unpaired) electrons. The molecule has 3 aromatic rings. The van der Waals surface area contributed by atoms with E-state index in [4.69, 9.17) is 4.42 Å². The van der Waals surface area contributed by atoms with E-state index in [1.54, 1.807) is 12.1 Å². The first-order chi connectivity index (χ1) is 9.16. The van der Waals surface area contributed by atoms with Crippen molar-refractivity contribution in [2.24, 2.45) is 0 Å². The van der Waals surface area contributed by atoms with Crippen LogP contribution in [0.5, 0.6) is 0 Å². The maximum atomic E-state index is 13.7. The molecule has 0 saturated heterocycles. The largest absolute Gasteiger partial charge is 0.422 e. The first-order valence-corrected chi connectivity index (χ1v) is 5.64. The zero-order valence-electron chi connectivity index (χ0n) is 9.69. The Balaban J connectivity index is 2.34. The van der Waals surface area contributed by atoms with Crippen LogP contribution in [0, 0.1) is 11.6 Å². The molecule has 0 N–H and O–H groups in total. The second-order valence-electron chi connectivity index (χ2n) is 4.08. The molecule has 0 fully saturated rings. The summed E-state index contributed by atoms with van der Waals surface area (Å²) < 4.78 is 32.2. The van der Waals surface area contributed by atoms with Crippen LogP contribution in [-0.4, -0.2) is 0 Å². The fourth-order valence-corrected chi connectivity index (χ4v) is 1.99. The second-order valence-corrected chi connectivity index (χ2v) is 4.08. The number of fused-ring (bicyclic) bond motifs is 1. The summed E-state index contributed by atoms with van der Waals surface area (Å²) in [6.45, 7) is 0. The lowest BCUT2D eigenvalue weighted by Crippen LogP contribution is -2.03. The Morgan fingerprint density at radius 2 is 1.63 bits per heavy atom. The van der Waals surface area contributed by atoms with Gasteiger partial charge in [0, 0.05) is 0 Å². The van der Waals surface area contributed by atoms with Gasteiger partial charge in [-0.25, -0.2) is 13.6 Å². The van der Waals surface area contributed by atoms with Crippen LogP contribution < -0.4 is 5.63 Å². The summed E-state index contributed by atoms with van der Waals surface area (Å²) in [4.78, 5) is 11.8. The van der Waals surface area contributed by atoms with Crippen molar-refractivity contribution in [2.45, 2.75) is 0 Å². The predicted molar refractivity (Wildman–Crippen MR) is 67.8 cm³/mol. The minimum Gasteiger partial charge on any atom is -0.422 e. The molecular weight excluding hydrogens is 250 g/mol. The van der Waals surface area contributed by atoms with Gasteiger partial charge >= 0.3 is 5.63 Å². The molecule has 19 heavy (non-hydrogen) atoms. The van der Waals surface area contributed by atoms with Gasteiger partial charge in [-0.1, -0.05) is 24.3 Å². The Morgan fingerprint density at radius 1 is 0.895 bits per heavy atom. The molecule has 4 heteroatoms. The van der Waals surface area contributed by atoms with Crippen LogP contribution in [0.1, 0.15) is 0 Å². The van der Waals surface area contributed by atoms with Gasteiger partial charge in [-0.3, -0.25) is 0 Å². The number of halogens is 2. The van der Waals surface area contributed by atoms with E-state index >= 15 is 0 Å². The predicted octanol–water partition coefficient (Wildman–Crippen LogP) is 3.74. The molecule has 0 unspecified atom stereocenters. The van der Waals surface area contributed by atoms with Crippen molar-refractivity contribution in [3.05, 3.63) is 70.6 Å². The Bertz CT molecular complexity index is 822. The third-order valence-corrected chi connectivity index (χ3v) is 2.88. The standard InChI is InChI=1S/C15H8F2O2/c16-11-6-2-1-5-10(11)13-8-9-4-3-7-12(17)14(9)15(18)19-13/h1-8H. The molecular formula is C15H8F2O2. The lowest BCUT2D eigenvalue weighted by atomic mass is 10.1. The highest BCUT2D eigenvalue weighted by atomic mass is 19.1. The summed E-state index contributed by atoms with van der Waals surface area (Å²) in [6, 6.07) is 11.7. The highest BCUT2D eigenvalue weighted by Gasteiger charge is 2.12. The first-order valence-electron chi connectivity index (χ1n) is 5.64. The highest BCUT2D eigenvalue weighted by Crippen LogP contribution is 2.25. The van der Waals surface area contributed by atoms with E-state index in [1.165, 1.54) is 36.4 Å². The van der Waals surface area contributed by atoms with Crippen molar-refractivity contribution >= 4 is 10.8 Å². The van der Waals surface area contributed by atoms with E-state index in [2.05, 4.69) is 0 Å². The van der Waals surface area contributed by atoms with Crippen LogP contribution in [0.4, 0.5) is 8.78 Å². The Labute approximate surface area is 106 Å². The second kappa shape index (κ2) is 4.31. The van der Waals surface area contributed by atoms with E-state index < -0.39 is 17.3 Å². The summed E-state index contributed by atoms with van der Waals surface area (Å²) >= 11 is 0. The van der Waals surface area contributed by atoms with Gasteiger partial charge in [-0.2, -0.15) is 0 Å². The molecule has 0 bridgehead atoms. The van der Waals surface area contributed by atoms with Gasteiger partial charge in [0.25, 0.3) is 0 Å². The lowest BCUT2D eigenvalue weighted by Gasteiger charge is -2.04. The fourth-order valence-electron chi connectivity index (χ4n) is 1.99. The van der Waals surface area contributed by atoms with Crippen molar-refractivity contribution in [1.29, 1.82) is 0 Å². The van der Waals surface area contributed by atoms with Gasteiger partial charge in [0.2, 0.25) is 0 Å². The van der Waals surface area contributed by atoms with Crippen LogP contribution in [0.2, 0.25) is 0 Å². The number of rotatable bonds is 1. The van der Waals surface area contributed by atoms with Gasteiger partial charge in [-0.15, -0.1) is 0 Å². The van der Waals surface area contributed by atoms with Crippen LogP contribution in [0.25, 0.3) is 22.1 Å². The minimum absolute atomic E-state index is 0.0844. The number of hydrogen-bond acceptors (Lipinski definition) is 2. The van der Waals surface area contributed by atoms with Gasteiger partial charge in [0.05, 0.1) is 5.56 Å². The van der Waals surface area contributed by atoms with Crippen LogP contribution in [0.3, 0.4) is 0 Å². The fraction of sp³-hybridized carbons (Fsp3) is 0. The SMILES string of the molecule is O=c1oc(-c2ccccc2F)cc2cccc(F)c12. The Hall–Kier alpha value is -2.49. The summed E-state index contributed by atoms with van der Waals surface area (Å²) in [6.07, 6.45) is 0. The summed E-state index contributed by atoms with van der Waals surface area (Å²) in [5.41, 5.74) is -0.639. The number of hydrogen-bond donors (Lipinski definition) is 0. The van der Waals surface area contributed by atoms with Crippen molar-refractivity contribution in [1.82, 2.24) is 0 Å². The molecule has 1 aromatic heterocycles. The van der Waals surface area contributed by atoms with Crippen molar-refractivity contribution in [3.8, 4) is 11.3 Å². The van der Waals surface area contributed by atoms with E-state index in [0.29, 0.717) is 5.39 Å². The maximum absolute atomic E-state index is 13.7. The molecule has 0 aliphatic heterocycles. The van der Waals surface area contributed by atoms with Crippen LogP contribution >= 0.6 is 0 Å². The van der Waals surface area contributed by atoms with Crippen LogP contribution in [0.15, 0.2) is 57.7 Å². The zero-order valence-corrected chi connectivity index (χ0v) is 9.69. The number of benzene rings is 2. The monoisotopic (exact) mass is 258 g/mol. The molecule has 0 spiro atoms. The molecule has 1 heterocycles. The van der Waals surface area contributed by atoms with E-state index in [-0.39, 0.29) is 16.7 Å². The Kier molecular flexibility index (Phi) is 2.63. The van der Waals surface area contributed by atoms with Crippen LogP contribution in [-0.2, 0) is 0 Å². The highest BCUT2D eigenvalue weighted by molar-refractivity contribution is 5.84. The average molecular weight is 258 g/mol. The topological polar surface area (TPSA) is 30.2 Å². The van der Waals surface area contributed by atoms with Gasteiger partial charge in [-0.05, 0) is 29.7 Å². The molecule has 0 atom stereocenters. The van der Waals surface area contributed by atoms with Gasteiger partial charge < -0.3 is 4.42 Å². The molecule has 94 valence electrons. The summed E-state index contributed by atoms with van der Waals surface area (Å²) in [5, 5.41) is 0.261. The van der Waals surface area contributed by atoms with Gasteiger partial charge in [0.1, 0.15) is 22.8 Å². The quantitative estimate of drug-likeness (QED) is 0.665. The molecule has 2 nitrogen and oxygen atoms in total. The molecule has 0 aliphatic carbocycles. The first kappa shape index (κ1) is 11.6. The van der Waals surface area contributed by atoms with Crippen molar-refractivity contribution in [2.75, 3.05) is 0 Å². The summed E-state index contributed by atoms with van der Waals surface area (Å²) in [5.74, 6) is -1.06. The van der Waals surface area contributed by atoms with E-state index in [1.807, 2.05) is 0 Å². The molecule has 0 amide bonds. The molecule has 3 rings (SSSR count). The van der Waals surface area contributed by atoms with Crippen molar-refractivity contribution < 1.29 is 13.2 Å². The summed E-state index contributed by atoms with van der Waals surface area (Å²) in [7, 11) is 0. The normalized spacial score (nSPS) is 10.8. The molecule has 2 aromatic carbocycles. The van der Waals surface area contributed by atoms with E-state index in [9.17, 15) is 13.6 Å². The zero-order chi connectivity index (χ0) is 13.4. The van der Waals surface area contributed by atoms with E-state index in [0.717, 1.165) is 0 Å². The smallest absolute Gasteiger partial charge is 0.347 e. The maximum Gasteiger partial charge on any atom is 0.347 e. The minimum atomic E-state index is -0.811.